The molecule has 5 rings (SSSR count). The van der Waals surface area contributed by atoms with Gasteiger partial charge >= 0.3 is 0 Å². The SMILES string of the molecule is CC(C(=O)N1CCN(c2cc(-c3ccccc3)ncn2)CC1)n1nc(C2CC2)ccc1=O. The molecule has 2 aliphatic rings. The number of hydrogen-bond donors (Lipinski definition) is 0. The average molecular weight is 431 g/mol. The van der Waals surface area contributed by atoms with Gasteiger partial charge in [-0.2, -0.15) is 5.10 Å². The highest BCUT2D eigenvalue weighted by Crippen LogP contribution is 2.38. The van der Waals surface area contributed by atoms with Crippen LogP contribution < -0.4 is 10.5 Å². The number of benzene rings is 1. The third kappa shape index (κ3) is 4.12. The largest absolute Gasteiger partial charge is 0.353 e. The number of hydrogen-bond acceptors (Lipinski definition) is 6. The fraction of sp³-hybridized carbons (Fsp3) is 0.375. The molecule has 164 valence electrons. The summed E-state index contributed by atoms with van der Waals surface area (Å²) in [7, 11) is 0. The summed E-state index contributed by atoms with van der Waals surface area (Å²) in [6.45, 7) is 4.26. The summed E-state index contributed by atoms with van der Waals surface area (Å²) >= 11 is 0. The Morgan fingerprint density at radius 3 is 2.47 bits per heavy atom. The van der Waals surface area contributed by atoms with Crippen molar-refractivity contribution in [1.82, 2.24) is 24.6 Å². The van der Waals surface area contributed by atoms with Gasteiger partial charge in [0.2, 0.25) is 5.91 Å². The van der Waals surface area contributed by atoms with Crippen LogP contribution in [0, 0.1) is 0 Å². The number of aromatic nitrogens is 4. The van der Waals surface area contributed by atoms with Crippen molar-refractivity contribution in [3.8, 4) is 11.3 Å². The highest BCUT2D eigenvalue weighted by molar-refractivity contribution is 5.80. The van der Waals surface area contributed by atoms with E-state index in [-0.39, 0.29) is 11.5 Å². The number of carbonyl (C=O) groups is 1. The number of rotatable bonds is 5. The maximum Gasteiger partial charge on any atom is 0.267 e. The Bertz CT molecular complexity index is 1170. The third-order valence-corrected chi connectivity index (χ3v) is 6.20. The fourth-order valence-corrected chi connectivity index (χ4v) is 4.13. The van der Waals surface area contributed by atoms with E-state index in [1.165, 1.54) is 10.7 Å². The van der Waals surface area contributed by atoms with Crippen LogP contribution in [0.1, 0.15) is 37.4 Å². The van der Waals surface area contributed by atoms with Crippen LogP contribution in [0.25, 0.3) is 11.3 Å². The number of amides is 1. The summed E-state index contributed by atoms with van der Waals surface area (Å²) in [6.07, 6.45) is 3.79. The van der Waals surface area contributed by atoms with Crippen LogP contribution in [0.5, 0.6) is 0 Å². The number of piperazine rings is 1. The Labute approximate surface area is 186 Å². The summed E-state index contributed by atoms with van der Waals surface area (Å²) in [4.78, 5) is 38.3. The van der Waals surface area contributed by atoms with E-state index < -0.39 is 6.04 Å². The van der Waals surface area contributed by atoms with Crippen LogP contribution in [-0.4, -0.2) is 56.7 Å². The average Bonchev–Trinajstić information content (AvgIpc) is 3.70. The lowest BCUT2D eigenvalue weighted by Gasteiger charge is -2.36. The molecule has 1 aliphatic carbocycles. The van der Waals surface area contributed by atoms with Crippen molar-refractivity contribution in [3.05, 3.63) is 70.9 Å². The van der Waals surface area contributed by atoms with E-state index in [9.17, 15) is 9.59 Å². The Hall–Kier alpha value is -3.55. The molecular formula is C24H26N6O2. The van der Waals surface area contributed by atoms with Crippen LogP contribution in [0.3, 0.4) is 0 Å². The Kier molecular flexibility index (Phi) is 5.43. The third-order valence-electron chi connectivity index (χ3n) is 6.20. The lowest BCUT2D eigenvalue weighted by Crippen LogP contribution is -2.51. The minimum absolute atomic E-state index is 0.0696. The molecule has 1 atom stereocenters. The number of nitrogens with zero attached hydrogens (tertiary/aromatic N) is 6. The van der Waals surface area contributed by atoms with E-state index in [1.807, 2.05) is 41.3 Å². The second kappa shape index (κ2) is 8.53. The maximum atomic E-state index is 13.1. The summed E-state index contributed by atoms with van der Waals surface area (Å²) in [5.41, 5.74) is 2.60. The second-order valence-electron chi connectivity index (χ2n) is 8.43. The Morgan fingerprint density at radius 1 is 1.00 bits per heavy atom. The second-order valence-corrected chi connectivity index (χ2v) is 8.43. The van der Waals surface area contributed by atoms with Gasteiger partial charge in [0, 0.05) is 49.8 Å². The molecule has 1 aliphatic heterocycles. The first-order valence-electron chi connectivity index (χ1n) is 11.1. The van der Waals surface area contributed by atoms with Gasteiger partial charge < -0.3 is 9.80 Å². The molecule has 3 heterocycles. The topological polar surface area (TPSA) is 84.2 Å². The minimum atomic E-state index is -0.614. The zero-order chi connectivity index (χ0) is 22.1. The first kappa shape index (κ1) is 20.4. The van der Waals surface area contributed by atoms with Crippen molar-refractivity contribution in [2.24, 2.45) is 0 Å². The molecule has 0 spiro atoms. The van der Waals surface area contributed by atoms with Crippen molar-refractivity contribution in [1.29, 1.82) is 0 Å². The minimum Gasteiger partial charge on any atom is -0.353 e. The predicted octanol–water partition coefficient (Wildman–Crippen LogP) is 2.49. The van der Waals surface area contributed by atoms with E-state index >= 15 is 0 Å². The molecular weight excluding hydrogens is 404 g/mol. The van der Waals surface area contributed by atoms with Gasteiger partial charge in [-0.1, -0.05) is 30.3 Å². The molecule has 1 amide bonds. The molecule has 1 unspecified atom stereocenters. The lowest BCUT2D eigenvalue weighted by atomic mass is 10.1. The molecule has 1 aromatic carbocycles. The monoisotopic (exact) mass is 430 g/mol. The molecule has 0 N–H and O–H groups in total. The van der Waals surface area contributed by atoms with Gasteiger partial charge in [0.15, 0.2) is 0 Å². The zero-order valence-electron chi connectivity index (χ0n) is 18.1. The molecule has 2 fully saturated rings. The van der Waals surface area contributed by atoms with Crippen LogP contribution >= 0.6 is 0 Å². The fourth-order valence-electron chi connectivity index (χ4n) is 4.13. The number of anilines is 1. The number of carbonyl (C=O) groups excluding carboxylic acids is 1. The molecule has 1 saturated carbocycles. The van der Waals surface area contributed by atoms with Crippen molar-refractivity contribution in [2.45, 2.75) is 31.7 Å². The van der Waals surface area contributed by atoms with Crippen molar-refractivity contribution < 1.29 is 4.79 Å². The first-order chi connectivity index (χ1) is 15.6. The van der Waals surface area contributed by atoms with E-state index in [4.69, 9.17) is 0 Å². The Balaban J connectivity index is 1.25. The van der Waals surface area contributed by atoms with E-state index in [0.29, 0.717) is 32.1 Å². The van der Waals surface area contributed by atoms with Gasteiger partial charge in [0.05, 0.1) is 11.4 Å². The van der Waals surface area contributed by atoms with Crippen LogP contribution in [0.2, 0.25) is 0 Å². The molecule has 8 nitrogen and oxygen atoms in total. The van der Waals surface area contributed by atoms with Gasteiger partial charge in [-0.25, -0.2) is 14.6 Å². The van der Waals surface area contributed by atoms with Gasteiger partial charge in [0.25, 0.3) is 5.56 Å². The zero-order valence-corrected chi connectivity index (χ0v) is 18.1. The summed E-state index contributed by atoms with van der Waals surface area (Å²) < 4.78 is 1.35. The summed E-state index contributed by atoms with van der Waals surface area (Å²) in [6, 6.07) is 14.7. The van der Waals surface area contributed by atoms with Crippen LogP contribution in [0.4, 0.5) is 5.82 Å². The molecule has 3 aromatic rings. The highest BCUT2D eigenvalue weighted by Gasteiger charge is 2.30. The molecule has 0 bridgehead atoms. The van der Waals surface area contributed by atoms with Gasteiger partial charge in [-0.15, -0.1) is 0 Å². The van der Waals surface area contributed by atoms with Gasteiger partial charge in [0.1, 0.15) is 18.2 Å². The lowest BCUT2D eigenvalue weighted by molar-refractivity contribution is -0.135. The molecule has 2 aromatic heterocycles. The first-order valence-corrected chi connectivity index (χ1v) is 11.1. The molecule has 0 radical (unpaired) electrons. The molecule has 1 saturated heterocycles. The van der Waals surface area contributed by atoms with E-state index in [2.05, 4.69) is 20.0 Å². The standard InChI is InChI=1S/C24H26N6O2/c1-17(30-23(31)10-9-20(27-30)19-7-8-19)24(32)29-13-11-28(12-14-29)22-15-21(25-16-26-22)18-5-3-2-4-6-18/h2-6,9-10,15-17,19H,7-8,11-14H2,1H3. The highest BCUT2D eigenvalue weighted by atomic mass is 16.2. The summed E-state index contributed by atoms with van der Waals surface area (Å²) in [5.74, 6) is 1.22. The van der Waals surface area contributed by atoms with Gasteiger partial charge in [-0.3, -0.25) is 9.59 Å². The van der Waals surface area contributed by atoms with Gasteiger partial charge in [-0.05, 0) is 25.8 Å². The van der Waals surface area contributed by atoms with Crippen molar-refractivity contribution in [2.75, 3.05) is 31.1 Å². The quantitative estimate of drug-likeness (QED) is 0.618. The van der Waals surface area contributed by atoms with Crippen LogP contribution in [0.15, 0.2) is 59.7 Å². The van der Waals surface area contributed by atoms with Crippen LogP contribution in [-0.2, 0) is 4.79 Å². The normalized spacial score (nSPS) is 17.3. The van der Waals surface area contributed by atoms with Crippen molar-refractivity contribution in [3.63, 3.8) is 0 Å². The molecule has 32 heavy (non-hydrogen) atoms. The predicted molar refractivity (Wildman–Crippen MR) is 121 cm³/mol. The smallest absolute Gasteiger partial charge is 0.267 e. The van der Waals surface area contributed by atoms with Crippen molar-refractivity contribution >= 4 is 11.7 Å². The maximum absolute atomic E-state index is 13.1. The van der Waals surface area contributed by atoms with E-state index in [0.717, 1.165) is 35.6 Å². The Morgan fingerprint density at radius 2 is 1.75 bits per heavy atom. The summed E-state index contributed by atoms with van der Waals surface area (Å²) in [5, 5.41) is 4.48. The molecule has 8 heteroatoms. The van der Waals surface area contributed by atoms with E-state index in [1.54, 1.807) is 19.3 Å².